The normalized spacial score (nSPS) is 17.7. The van der Waals surface area contributed by atoms with E-state index in [2.05, 4.69) is 9.62 Å². The van der Waals surface area contributed by atoms with Crippen LogP contribution >= 0.6 is 23.1 Å². The number of aliphatic hydroxyl groups is 1. The molecule has 8 heteroatoms. The number of sulfonamides is 1. The monoisotopic (exact) mass is 322 g/mol. The van der Waals surface area contributed by atoms with E-state index in [1.54, 1.807) is 5.38 Å². The highest BCUT2D eigenvalue weighted by atomic mass is 32.2. The highest BCUT2D eigenvalue weighted by molar-refractivity contribution is 7.99. The number of hydrogen-bond acceptors (Lipinski definition) is 6. The Labute approximate surface area is 122 Å². The van der Waals surface area contributed by atoms with Crippen molar-refractivity contribution in [2.45, 2.75) is 11.5 Å². The molecule has 0 aliphatic carbocycles. The van der Waals surface area contributed by atoms with Crippen LogP contribution in [-0.2, 0) is 16.6 Å². The summed E-state index contributed by atoms with van der Waals surface area (Å²) in [7, 11) is -3.43. The van der Waals surface area contributed by atoms with Crippen LogP contribution in [0.1, 0.15) is 4.88 Å². The summed E-state index contributed by atoms with van der Waals surface area (Å²) < 4.78 is 26.6. The standard InChI is InChI=1S/C11H18N2O3S3/c14-8-10-7-11(9-18-10)19(15,16)12-1-2-13-3-5-17-6-4-13/h7,9,12,14H,1-6,8H2. The maximum Gasteiger partial charge on any atom is 0.241 e. The molecule has 0 aromatic carbocycles. The molecule has 108 valence electrons. The van der Waals surface area contributed by atoms with E-state index >= 15 is 0 Å². The van der Waals surface area contributed by atoms with E-state index in [-0.39, 0.29) is 11.5 Å². The van der Waals surface area contributed by atoms with Crippen molar-refractivity contribution >= 4 is 33.1 Å². The van der Waals surface area contributed by atoms with Crippen molar-refractivity contribution in [1.29, 1.82) is 0 Å². The summed E-state index contributed by atoms with van der Waals surface area (Å²) in [4.78, 5) is 3.18. The van der Waals surface area contributed by atoms with Gasteiger partial charge in [-0.05, 0) is 6.07 Å². The second-order valence-electron chi connectivity index (χ2n) is 4.26. The Kier molecular flexibility index (Phi) is 5.67. The van der Waals surface area contributed by atoms with Crippen LogP contribution in [0.25, 0.3) is 0 Å². The second kappa shape index (κ2) is 7.05. The first kappa shape index (κ1) is 15.3. The second-order valence-corrected chi connectivity index (χ2v) is 8.25. The predicted octanol–water partition coefficient (Wildman–Crippen LogP) is 0.567. The van der Waals surface area contributed by atoms with E-state index in [9.17, 15) is 8.42 Å². The summed E-state index contributed by atoms with van der Waals surface area (Å²) in [5.41, 5.74) is 0. The highest BCUT2D eigenvalue weighted by Gasteiger charge is 2.16. The average Bonchev–Trinajstić information content (AvgIpc) is 2.89. The third-order valence-electron chi connectivity index (χ3n) is 2.92. The van der Waals surface area contributed by atoms with Crippen molar-refractivity contribution in [2.24, 2.45) is 0 Å². The quantitative estimate of drug-likeness (QED) is 0.801. The van der Waals surface area contributed by atoms with Gasteiger partial charge in [0.05, 0.1) is 11.5 Å². The zero-order valence-electron chi connectivity index (χ0n) is 10.5. The Morgan fingerprint density at radius 2 is 2.11 bits per heavy atom. The summed E-state index contributed by atoms with van der Waals surface area (Å²) in [5.74, 6) is 2.24. The summed E-state index contributed by atoms with van der Waals surface area (Å²) in [6.45, 7) is 3.11. The molecule has 0 saturated carbocycles. The van der Waals surface area contributed by atoms with Gasteiger partial charge in [0.2, 0.25) is 10.0 Å². The lowest BCUT2D eigenvalue weighted by Gasteiger charge is -2.25. The van der Waals surface area contributed by atoms with E-state index in [0.29, 0.717) is 11.4 Å². The summed E-state index contributed by atoms with van der Waals surface area (Å²) in [6.07, 6.45) is 0. The minimum absolute atomic E-state index is 0.119. The number of hydrogen-bond donors (Lipinski definition) is 2. The average molecular weight is 322 g/mol. The summed E-state index contributed by atoms with van der Waals surface area (Å²) in [5, 5.41) is 10.5. The number of aliphatic hydroxyl groups excluding tert-OH is 1. The maximum atomic E-state index is 12.0. The third-order valence-corrected chi connectivity index (χ3v) is 6.37. The minimum Gasteiger partial charge on any atom is -0.391 e. The first-order valence-electron chi connectivity index (χ1n) is 6.10. The summed E-state index contributed by atoms with van der Waals surface area (Å²) in [6, 6.07) is 1.52. The van der Waals surface area contributed by atoms with E-state index in [4.69, 9.17) is 5.11 Å². The lowest BCUT2D eigenvalue weighted by molar-refractivity contribution is 0.285. The molecule has 2 rings (SSSR count). The molecule has 0 spiro atoms. The zero-order chi connectivity index (χ0) is 13.7. The Hall–Kier alpha value is -0.120. The molecule has 5 nitrogen and oxygen atoms in total. The van der Waals surface area contributed by atoms with Gasteiger partial charge in [-0.25, -0.2) is 13.1 Å². The number of nitrogens with one attached hydrogen (secondary N) is 1. The van der Waals surface area contributed by atoms with Crippen LogP contribution < -0.4 is 4.72 Å². The molecule has 1 aliphatic rings. The van der Waals surface area contributed by atoms with Gasteiger partial charge in [-0.15, -0.1) is 11.3 Å². The molecule has 0 bridgehead atoms. The fourth-order valence-electron chi connectivity index (χ4n) is 1.83. The van der Waals surface area contributed by atoms with Gasteiger partial charge in [0.1, 0.15) is 0 Å². The van der Waals surface area contributed by atoms with Crippen LogP contribution in [0.5, 0.6) is 0 Å². The molecule has 0 atom stereocenters. The Morgan fingerprint density at radius 3 is 2.74 bits per heavy atom. The molecular formula is C11H18N2O3S3. The molecule has 0 radical (unpaired) electrons. The van der Waals surface area contributed by atoms with Crippen LogP contribution in [0.4, 0.5) is 0 Å². The van der Waals surface area contributed by atoms with E-state index in [0.717, 1.165) is 31.1 Å². The largest absolute Gasteiger partial charge is 0.391 e. The van der Waals surface area contributed by atoms with Gasteiger partial charge in [-0.1, -0.05) is 0 Å². The minimum atomic E-state index is -3.43. The van der Waals surface area contributed by atoms with Crippen molar-refractivity contribution in [3.63, 3.8) is 0 Å². The molecule has 1 aromatic heterocycles. The number of nitrogens with zero attached hydrogens (tertiary/aromatic N) is 1. The van der Waals surface area contributed by atoms with Gasteiger partial charge in [0.15, 0.2) is 0 Å². The van der Waals surface area contributed by atoms with Gasteiger partial charge in [-0.2, -0.15) is 11.8 Å². The Balaban J connectivity index is 1.83. The Morgan fingerprint density at radius 1 is 1.37 bits per heavy atom. The number of thioether (sulfide) groups is 1. The van der Waals surface area contributed by atoms with Gasteiger partial charge in [0.25, 0.3) is 0 Å². The van der Waals surface area contributed by atoms with Crippen molar-refractivity contribution in [3.8, 4) is 0 Å². The summed E-state index contributed by atoms with van der Waals surface area (Å²) >= 11 is 3.19. The molecule has 0 unspecified atom stereocenters. The number of thiophene rings is 1. The molecule has 2 N–H and O–H groups in total. The predicted molar refractivity (Wildman–Crippen MR) is 79.2 cm³/mol. The maximum absolute atomic E-state index is 12.0. The lowest BCUT2D eigenvalue weighted by Crippen LogP contribution is -2.39. The fraction of sp³-hybridized carbons (Fsp3) is 0.636. The first-order chi connectivity index (χ1) is 9.12. The third kappa shape index (κ3) is 4.44. The van der Waals surface area contributed by atoms with Crippen molar-refractivity contribution in [3.05, 3.63) is 16.3 Å². The molecule has 1 saturated heterocycles. The molecule has 2 heterocycles. The van der Waals surface area contributed by atoms with Crippen LogP contribution in [-0.4, -0.2) is 56.1 Å². The fourth-order valence-corrected chi connectivity index (χ4v) is 4.96. The van der Waals surface area contributed by atoms with E-state index < -0.39 is 10.0 Å². The molecular weight excluding hydrogens is 304 g/mol. The van der Waals surface area contributed by atoms with Crippen molar-refractivity contribution in [2.75, 3.05) is 37.7 Å². The number of rotatable bonds is 6. The molecule has 1 aromatic rings. The van der Waals surface area contributed by atoms with E-state index in [1.807, 2.05) is 11.8 Å². The molecule has 1 aliphatic heterocycles. The van der Waals surface area contributed by atoms with Crippen LogP contribution in [0.2, 0.25) is 0 Å². The smallest absolute Gasteiger partial charge is 0.241 e. The highest BCUT2D eigenvalue weighted by Crippen LogP contribution is 2.18. The molecule has 0 amide bonds. The zero-order valence-corrected chi connectivity index (χ0v) is 13.0. The lowest BCUT2D eigenvalue weighted by atomic mass is 10.5. The van der Waals surface area contributed by atoms with Crippen LogP contribution in [0, 0.1) is 0 Å². The van der Waals surface area contributed by atoms with Crippen LogP contribution in [0.3, 0.4) is 0 Å². The van der Waals surface area contributed by atoms with E-state index in [1.165, 1.54) is 17.4 Å². The van der Waals surface area contributed by atoms with Crippen molar-refractivity contribution < 1.29 is 13.5 Å². The molecule has 1 fully saturated rings. The first-order valence-corrected chi connectivity index (χ1v) is 9.61. The van der Waals surface area contributed by atoms with Gasteiger partial charge >= 0.3 is 0 Å². The molecule has 19 heavy (non-hydrogen) atoms. The van der Waals surface area contributed by atoms with Gasteiger partial charge in [-0.3, -0.25) is 0 Å². The Bertz CT molecular complexity index is 495. The van der Waals surface area contributed by atoms with Crippen LogP contribution in [0.15, 0.2) is 16.3 Å². The van der Waals surface area contributed by atoms with Gasteiger partial charge in [0, 0.05) is 47.9 Å². The van der Waals surface area contributed by atoms with Crippen molar-refractivity contribution in [1.82, 2.24) is 9.62 Å². The SMILES string of the molecule is O=S(=O)(NCCN1CCSCC1)c1csc(CO)c1. The van der Waals surface area contributed by atoms with Gasteiger partial charge < -0.3 is 10.0 Å². The topological polar surface area (TPSA) is 69.6 Å².